The number of nitrogens with zero attached hydrogens (tertiary/aromatic N) is 2. The van der Waals surface area contributed by atoms with Crippen LogP contribution in [-0.2, 0) is 9.59 Å². The van der Waals surface area contributed by atoms with Crippen LogP contribution < -0.4 is 16.0 Å². The Hall–Kier alpha value is -4.25. The van der Waals surface area contributed by atoms with Gasteiger partial charge in [-0.2, -0.15) is 5.10 Å². The molecule has 2 aromatic carbocycles. The summed E-state index contributed by atoms with van der Waals surface area (Å²) in [6, 6.07) is 7.47. The van der Waals surface area contributed by atoms with E-state index >= 15 is 0 Å². The zero-order chi connectivity index (χ0) is 27.4. The normalized spacial score (nSPS) is 16.3. The molecule has 0 saturated carbocycles. The van der Waals surface area contributed by atoms with Crippen molar-refractivity contribution in [3.05, 3.63) is 70.3 Å². The van der Waals surface area contributed by atoms with Gasteiger partial charge in [-0.3, -0.25) is 14.4 Å². The molecule has 3 amide bonds. The number of carboxylic acids is 1. The lowest BCUT2D eigenvalue weighted by molar-refractivity contribution is -0.118. The number of hydrogen-bond donors (Lipinski definition) is 4. The molecule has 0 radical (unpaired) electrons. The fourth-order valence-electron chi connectivity index (χ4n) is 4.17. The van der Waals surface area contributed by atoms with Crippen LogP contribution in [0.5, 0.6) is 0 Å². The minimum Gasteiger partial charge on any atom is -0.478 e. The number of carbonyl (C=O) groups is 4. The Morgan fingerprint density at radius 1 is 1.13 bits per heavy atom. The third kappa shape index (κ3) is 5.83. The molecule has 1 aliphatic rings. The van der Waals surface area contributed by atoms with E-state index < -0.39 is 29.6 Å². The number of benzene rings is 2. The predicted molar refractivity (Wildman–Crippen MR) is 138 cm³/mol. The Morgan fingerprint density at radius 3 is 2.68 bits per heavy atom. The summed E-state index contributed by atoms with van der Waals surface area (Å²) in [6.07, 6.45) is 3.58. The van der Waals surface area contributed by atoms with Crippen LogP contribution in [0, 0.1) is 12.7 Å². The molecule has 2 heterocycles. The van der Waals surface area contributed by atoms with E-state index in [9.17, 15) is 28.7 Å². The van der Waals surface area contributed by atoms with Crippen LogP contribution in [0.25, 0.3) is 5.69 Å². The zero-order valence-electron chi connectivity index (χ0n) is 20.4. The third-order valence-corrected chi connectivity index (χ3v) is 6.52. The number of aromatic carboxylic acids is 1. The minimum absolute atomic E-state index is 0.0566. The van der Waals surface area contributed by atoms with Gasteiger partial charge in [0.15, 0.2) is 5.82 Å². The Balaban J connectivity index is 1.58. The molecule has 12 heteroatoms. The fourth-order valence-corrected chi connectivity index (χ4v) is 4.34. The second kappa shape index (κ2) is 11.4. The van der Waals surface area contributed by atoms with E-state index in [1.165, 1.54) is 41.2 Å². The molecular weight excluding hydrogens is 517 g/mol. The fraction of sp³-hybridized carbons (Fsp3) is 0.269. The molecule has 0 unspecified atom stereocenters. The monoisotopic (exact) mass is 541 g/mol. The Morgan fingerprint density at radius 2 is 1.92 bits per heavy atom. The van der Waals surface area contributed by atoms with Gasteiger partial charge >= 0.3 is 5.97 Å². The highest BCUT2D eigenvalue weighted by Crippen LogP contribution is 2.26. The number of nitrogens with one attached hydrogen (secondary N) is 3. The van der Waals surface area contributed by atoms with Crippen molar-refractivity contribution in [3.63, 3.8) is 0 Å². The molecule has 198 valence electrons. The second-order valence-corrected chi connectivity index (χ2v) is 9.26. The van der Waals surface area contributed by atoms with Gasteiger partial charge in [0.25, 0.3) is 5.91 Å². The SMILES string of the molecule is Cc1c(C(=O)N[C@H]2CCCCCC(=O)Nc3cc(C(=O)O)ccc3NC2=O)cnn1-c1cccc(Cl)c1F. The number of hydrogen-bond acceptors (Lipinski definition) is 5. The van der Waals surface area contributed by atoms with Crippen molar-refractivity contribution >= 4 is 46.7 Å². The van der Waals surface area contributed by atoms with Crippen molar-refractivity contribution in [2.75, 3.05) is 10.6 Å². The molecule has 38 heavy (non-hydrogen) atoms. The van der Waals surface area contributed by atoms with Gasteiger partial charge in [-0.25, -0.2) is 13.9 Å². The molecule has 1 aliphatic heterocycles. The number of rotatable bonds is 4. The number of anilines is 2. The van der Waals surface area contributed by atoms with E-state index in [1.54, 1.807) is 13.0 Å². The minimum atomic E-state index is -1.18. The van der Waals surface area contributed by atoms with E-state index in [0.29, 0.717) is 31.4 Å². The molecule has 0 saturated heterocycles. The van der Waals surface area contributed by atoms with Gasteiger partial charge < -0.3 is 21.1 Å². The Bertz CT molecular complexity index is 1420. The van der Waals surface area contributed by atoms with Crippen LogP contribution >= 0.6 is 11.6 Å². The van der Waals surface area contributed by atoms with Gasteiger partial charge in [-0.05, 0) is 50.1 Å². The van der Waals surface area contributed by atoms with Gasteiger partial charge in [-0.15, -0.1) is 0 Å². The van der Waals surface area contributed by atoms with E-state index in [-0.39, 0.29) is 45.5 Å². The first-order chi connectivity index (χ1) is 18.2. The summed E-state index contributed by atoms with van der Waals surface area (Å²) in [7, 11) is 0. The van der Waals surface area contributed by atoms with Crippen molar-refractivity contribution < 1.29 is 28.7 Å². The number of carbonyl (C=O) groups excluding carboxylic acids is 3. The predicted octanol–water partition coefficient (Wildman–Crippen LogP) is 4.31. The van der Waals surface area contributed by atoms with Crippen molar-refractivity contribution in [1.29, 1.82) is 0 Å². The highest BCUT2D eigenvalue weighted by Gasteiger charge is 2.26. The summed E-state index contributed by atoms with van der Waals surface area (Å²) in [4.78, 5) is 50.1. The van der Waals surface area contributed by atoms with Crippen molar-refractivity contribution in [1.82, 2.24) is 15.1 Å². The highest BCUT2D eigenvalue weighted by atomic mass is 35.5. The van der Waals surface area contributed by atoms with Crippen molar-refractivity contribution in [3.8, 4) is 5.69 Å². The lowest BCUT2D eigenvalue weighted by Crippen LogP contribution is -2.44. The van der Waals surface area contributed by atoms with E-state index in [1.807, 2.05) is 0 Å². The Kier molecular flexibility index (Phi) is 8.06. The van der Waals surface area contributed by atoms with Crippen molar-refractivity contribution in [2.24, 2.45) is 0 Å². The maximum absolute atomic E-state index is 14.5. The van der Waals surface area contributed by atoms with Gasteiger partial charge in [-0.1, -0.05) is 30.5 Å². The topological polar surface area (TPSA) is 142 Å². The largest absolute Gasteiger partial charge is 0.478 e. The smallest absolute Gasteiger partial charge is 0.335 e. The second-order valence-electron chi connectivity index (χ2n) is 8.86. The molecule has 0 spiro atoms. The molecule has 0 aliphatic carbocycles. The molecule has 3 aromatic rings. The average Bonchev–Trinajstić information content (AvgIpc) is 3.25. The van der Waals surface area contributed by atoms with Crippen molar-refractivity contribution in [2.45, 2.75) is 45.1 Å². The molecule has 1 atom stereocenters. The maximum Gasteiger partial charge on any atom is 0.335 e. The summed E-state index contributed by atoms with van der Waals surface area (Å²) in [5, 5.41) is 21.4. The quantitative estimate of drug-likeness (QED) is 0.387. The molecule has 10 nitrogen and oxygen atoms in total. The first-order valence-corrected chi connectivity index (χ1v) is 12.3. The molecule has 1 aromatic heterocycles. The average molecular weight is 542 g/mol. The van der Waals surface area contributed by atoms with E-state index in [0.717, 1.165) is 0 Å². The highest BCUT2D eigenvalue weighted by molar-refractivity contribution is 6.30. The van der Waals surface area contributed by atoms with Gasteiger partial charge in [0.1, 0.15) is 11.7 Å². The van der Waals surface area contributed by atoms with Gasteiger partial charge in [0.05, 0.1) is 39.4 Å². The Labute approximate surface area is 222 Å². The summed E-state index contributed by atoms with van der Waals surface area (Å²) < 4.78 is 15.8. The number of aromatic nitrogens is 2. The van der Waals surface area contributed by atoms with Crippen LogP contribution in [0.3, 0.4) is 0 Å². The summed E-state index contributed by atoms with van der Waals surface area (Å²) in [5.41, 5.74) is 0.882. The van der Waals surface area contributed by atoms with Crippen LogP contribution in [-0.4, -0.2) is 44.6 Å². The summed E-state index contributed by atoms with van der Waals surface area (Å²) in [5.74, 6) is -3.26. The van der Waals surface area contributed by atoms with Gasteiger partial charge in [0.2, 0.25) is 11.8 Å². The number of carboxylic acid groups (broad SMARTS) is 1. The summed E-state index contributed by atoms with van der Waals surface area (Å²) in [6.45, 7) is 1.60. The molecule has 0 fully saturated rings. The van der Waals surface area contributed by atoms with E-state index in [2.05, 4.69) is 21.0 Å². The van der Waals surface area contributed by atoms with Crippen LogP contribution in [0.15, 0.2) is 42.6 Å². The zero-order valence-corrected chi connectivity index (χ0v) is 21.1. The number of amides is 3. The number of halogens is 2. The first kappa shape index (κ1) is 26.8. The van der Waals surface area contributed by atoms with Crippen LogP contribution in [0.2, 0.25) is 5.02 Å². The first-order valence-electron chi connectivity index (χ1n) is 11.9. The van der Waals surface area contributed by atoms with Crippen LogP contribution in [0.4, 0.5) is 15.8 Å². The van der Waals surface area contributed by atoms with Crippen LogP contribution in [0.1, 0.15) is 58.5 Å². The van der Waals surface area contributed by atoms with Gasteiger partial charge in [0, 0.05) is 6.42 Å². The molecule has 4 rings (SSSR count). The lowest BCUT2D eigenvalue weighted by atomic mass is 10.0. The lowest BCUT2D eigenvalue weighted by Gasteiger charge is -2.21. The molecule has 4 N–H and O–H groups in total. The molecular formula is C26H25ClFN5O5. The van der Waals surface area contributed by atoms with E-state index in [4.69, 9.17) is 11.6 Å². The third-order valence-electron chi connectivity index (χ3n) is 6.23. The summed E-state index contributed by atoms with van der Waals surface area (Å²) >= 11 is 5.88. The molecule has 0 bridgehead atoms. The standard InChI is InChI=1S/C26H25ClFN5O5/c1-14-16(13-29-33(14)21-8-5-6-17(27)23(21)28)24(35)32-19-7-3-2-4-9-22(34)30-20-12-15(26(37)38)10-11-18(20)31-25(19)36/h5-6,8,10-13,19H,2-4,7,9H2,1H3,(H,30,34)(H,31,36)(H,32,35)(H,37,38)/t19-/m0/s1. The number of fused-ring (bicyclic) bond motifs is 1. The maximum atomic E-state index is 14.5.